The minimum absolute atomic E-state index is 0.220. The molecule has 5 heteroatoms. The Balaban J connectivity index is 2.93. The number of anilines is 1. The van der Waals surface area contributed by atoms with E-state index in [2.05, 4.69) is 40.1 Å². The van der Waals surface area contributed by atoms with E-state index in [0.717, 1.165) is 9.26 Å². The first-order valence-electron chi connectivity index (χ1n) is 3.11. The normalized spacial score (nSPS) is 9.50. The van der Waals surface area contributed by atoms with Gasteiger partial charge in [-0.05, 0) is 53.0 Å². The lowest BCUT2D eigenvalue weighted by atomic mass is 10.3. The number of benzene rings is 1. The highest BCUT2D eigenvalue weighted by molar-refractivity contribution is 14.1. The third-order valence-corrected chi connectivity index (χ3v) is 2.27. The molecule has 1 rings (SSSR count). The van der Waals surface area contributed by atoms with E-state index in [1.807, 2.05) is 18.2 Å². The molecule has 3 N–H and O–H groups in total. The summed E-state index contributed by atoms with van der Waals surface area (Å²) in [5.41, 5.74) is 6.03. The number of hydrogen-bond donors (Lipinski definition) is 2. The smallest absolute Gasteiger partial charge is 0.168 e. The van der Waals surface area contributed by atoms with Gasteiger partial charge >= 0.3 is 0 Å². The molecule has 64 valence electrons. The monoisotopic (exact) mass is 312 g/mol. The summed E-state index contributed by atoms with van der Waals surface area (Å²) in [4.78, 5) is 0. The van der Waals surface area contributed by atoms with Gasteiger partial charge in [-0.2, -0.15) is 0 Å². The lowest BCUT2D eigenvalue weighted by Crippen LogP contribution is -2.19. The first-order valence-corrected chi connectivity index (χ1v) is 4.97. The molecule has 0 aliphatic heterocycles. The summed E-state index contributed by atoms with van der Waals surface area (Å²) in [6.45, 7) is 0. The molecule has 0 atom stereocenters. The zero-order chi connectivity index (χ0) is 9.14. The van der Waals surface area contributed by atoms with Crippen molar-refractivity contribution in [2.75, 3.05) is 5.32 Å². The maximum atomic E-state index is 5.89. The van der Waals surface area contributed by atoms with E-state index in [0.29, 0.717) is 5.02 Å². The number of thiocarbonyl (C=S) groups is 1. The number of halogens is 2. The van der Waals surface area contributed by atoms with Crippen LogP contribution in [0, 0.1) is 3.57 Å². The maximum Gasteiger partial charge on any atom is 0.168 e. The maximum absolute atomic E-state index is 5.89. The molecule has 0 aliphatic rings. The Labute approximate surface area is 94.6 Å². The van der Waals surface area contributed by atoms with Crippen molar-refractivity contribution in [1.82, 2.24) is 0 Å². The average Bonchev–Trinajstić information content (AvgIpc) is 1.94. The number of hydrogen-bond acceptors (Lipinski definition) is 1. The molecule has 0 saturated heterocycles. The van der Waals surface area contributed by atoms with E-state index in [-0.39, 0.29) is 5.11 Å². The lowest BCUT2D eigenvalue weighted by molar-refractivity contribution is 1.58. The van der Waals surface area contributed by atoms with Crippen LogP contribution >= 0.6 is 46.4 Å². The quantitative estimate of drug-likeness (QED) is 0.618. The fourth-order valence-corrected chi connectivity index (χ4v) is 1.74. The van der Waals surface area contributed by atoms with Gasteiger partial charge in [-0.3, -0.25) is 0 Å². The first-order chi connectivity index (χ1) is 5.59. The largest absolute Gasteiger partial charge is 0.376 e. The summed E-state index contributed by atoms with van der Waals surface area (Å²) in [6, 6.07) is 5.60. The molecule has 0 fully saturated rings. The Hall–Kier alpha value is -0.0700. The third-order valence-electron chi connectivity index (χ3n) is 1.19. The van der Waals surface area contributed by atoms with Crippen LogP contribution in [0.4, 0.5) is 5.69 Å². The molecular weight excluding hydrogens is 307 g/mol. The van der Waals surface area contributed by atoms with E-state index >= 15 is 0 Å². The van der Waals surface area contributed by atoms with Gasteiger partial charge in [-0.15, -0.1) is 0 Å². The summed E-state index contributed by atoms with van der Waals surface area (Å²) >= 11 is 12.7. The molecule has 0 unspecified atom stereocenters. The van der Waals surface area contributed by atoms with Crippen LogP contribution in [0.1, 0.15) is 0 Å². The summed E-state index contributed by atoms with van der Waals surface area (Å²) in [5, 5.41) is 3.61. The van der Waals surface area contributed by atoms with Gasteiger partial charge in [-0.1, -0.05) is 11.6 Å². The van der Waals surface area contributed by atoms with E-state index in [1.165, 1.54) is 0 Å². The zero-order valence-corrected chi connectivity index (χ0v) is 9.70. The number of rotatable bonds is 1. The predicted octanol–water partition coefficient (Wildman–Crippen LogP) is 2.60. The zero-order valence-electron chi connectivity index (χ0n) is 5.97. The average molecular weight is 313 g/mol. The third kappa shape index (κ3) is 2.76. The Morgan fingerprint density at radius 2 is 2.25 bits per heavy atom. The van der Waals surface area contributed by atoms with Gasteiger partial charge in [0.25, 0.3) is 0 Å². The molecule has 0 spiro atoms. The van der Waals surface area contributed by atoms with Gasteiger partial charge in [-0.25, -0.2) is 0 Å². The SMILES string of the molecule is NC(=S)Nc1ccc(I)cc1Cl. The van der Waals surface area contributed by atoms with Crippen LogP contribution in [0.5, 0.6) is 0 Å². The van der Waals surface area contributed by atoms with Gasteiger partial charge in [0.2, 0.25) is 0 Å². The van der Waals surface area contributed by atoms with Crippen molar-refractivity contribution in [2.24, 2.45) is 5.73 Å². The standard InChI is InChI=1S/C7H6ClIN2S/c8-5-3-4(9)1-2-6(5)11-7(10)12/h1-3H,(H3,10,11,12). The van der Waals surface area contributed by atoms with Crippen molar-refractivity contribution in [3.8, 4) is 0 Å². The molecule has 1 aromatic carbocycles. The van der Waals surface area contributed by atoms with Crippen LogP contribution in [0.25, 0.3) is 0 Å². The summed E-state index contributed by atoms with van der Waals surface area (Å²) < 4.78 is 1.08. The molecule has 1 aromatic rings. The van der Waals surface area contributed by atoms with Crippen molar-refractivity contribution in [3.05, 3.63) is 26.8 Å². The molecule has 0 aliphatic carbocycles. The Bertz CT molecular complexity index is 316. The van der Waals surface area contributed by atoms with E-state index < -0.39 is 0 Å². The second-order valence-electron chi connectivity index (χ2n) is 2.11. The van der Waals surface area contributed by atoms with Crippen molar-refractivity contribution in [3.63, 3.8) is 0 Å². The van der Waals surface area contributed by atoms with Gasteiger partial charge in [0.1, 0.15) is 0 Å². The number of nitrogens with two attached hydrogens (primary N) is 1. The van der Waals surface area contributed by atoms with Crippen LogP contribution in [-0.2, 0) is 0 Å². The molecule has 0 amide bonds. The first kappa shape index (κ1) is 10.0. The van der Waals surface area contributed by atoms with Crippen LogP contribution in [0.2, 0.25) is 5.02 Å². The lowest BCUT2D eigenvalue weighted by Gasteiger charge is -2.05. The van der Waals surface area contributed by atoms with Crippen LogP contribution in [-0.4, -0.2) is 5.11 Å². The van der Waals surface area contributed by atoms with Gasteiger partial charge in [0.05, 0.1) is 10.7 Å². The Kier molecular flexibility index (Phi) is 3.54. The van der Waals surface area contributed by atoms with E-state index in [9.17, 15) is 0 Å². The molecule has 2 nitrogen and oxygen atoms in total. The fraction of sp³-hybridized carbons (Fsp3) is 0. The Morgan fingerprint density at radius 3 is 2.75 bits per heavy atom. The van der Waals surface area contributed by atoms with Gasteiger partial charge in [0.15, 0.2) is 5.11 Å². The predicted molar refractivity (Wildman–Crippen MR) is 64.6 cm³/mol. The molecule has 0 bridgehead atoms. The number of nitrogens with one attached hydrogen (secondary N) is 1. The van der Waals surface area contributed by atoms with Gasteiger partial charge < -0.3 is 11.1 Å². The molecule has 0 radical (unpaired) electrons. The van der Waals surface area contributed by atoms with Crippen molar-refractivity contribution < 1.29 is 0 Å². The summed E-state index contributed by atoms with van der Waals surface area (Å²) in [7, 11) is 0. The van der Waals surface area contributed by atoms with Crippen molar-refractivity contribution >= 4 is 57.2 Å². The van der Waals surface area contributed by atoms with E-state index in [4.69, 9.17) is 17.3 Å². The summed E-state index contributed by atoms with van der Waals surface area (Å²) in [6.07, 6.45) is 0. The molecular formula is C7H6ClIN2S. The van der Waals surface area contributed by atoms with Crippen LogP contribution < -0.4 is 11.1 Å². The minimum Gasteiger partial charge on any atom is -0.376 e. The molecule has 0 aromatic heterocycles. The minimum atomic E-state index is 0.220. The second kappa shape index (κ2) is 4.25. The highest BCUT2D eigenvalue weighted by Gasteiger charge is 1.99. The van der Waals surface area contributed by atoms with Crippen LogP contribution in [0.15, 0.2) is 18.2 Å². The molecule has 0 heterocycles. The van der Waals surface area contributed by atoms with Crippen LogP contribution in [0.3, 0.4) is 0 Å². The highest BCUT2D eigenvalue weighted by atomic mass is 127. The van der Waals surface area contributed by atoms with Crippen molar-refractivity contribution in [2.45, 2.75) is 0 Å². The van der Waals surface area contributed by atoms with Gasteiger partial charge in [0, 0.05) is 3.57 Å². The summed E-state index contributed by atoms with van der Waals surface area (Å²) in [5.74, 6) is 0. The van der Waals surface area contributed by atoms with Crippen molar-refractivity contribution in [1.29, 1.82) is 0 Å². The second-order valence-corrected chi connectivity index (χ2v) is 4.21. The topological polar surface area (TPSA) is 38.0 Å². The van der Waals surface area contributed by atoms with E-state index in [1.54, 1.807) is 0 Å². The molecule has 12 heavy (non-hydrogen) atoms. The fourth-order valence-electron chi connectivity index (χ4n) is 0.724. The molecule has 0 saturated carbocycles. The highest BCUT2D eigenvalue weighted by Crippen LogP contribution is 2.23. The Morgan fingerprint density at radius 1 is 1.58 bits per heavy atom.